The van der Waals surface area contributed by atoms with Gasteiger partial charge >= 0.3 is 6.18 Å². The van der Waals surface area contributed by atoms with Gasteiger partial charge in [-0.25, -0.2) is 0 Å². The zero-order chi connectivity index (χ0) is 15.5. The van der Waals surface area contributed by atoms with Crippen LogP contribution in [0.3, 0.4) is 0 Å². The summed E-state index contributed by atoms with van der Waals surface area (Å²) >= 11 is 0. The molecule has 6 heteroatoms. The first-order valence-electron chi connectivity index (χ1n) is 7.93. The molecule has 1 saturated carbocycles. The molecule has 122 valence electrons. The molecular weight excluding hydrogens is 283 g/mol. The number of halogens is 3. The molecule has 0 aromatic carbocycles. The average molecular weight is 307 g/mol. The number of nitrogens with zero attached hydrogens (tertiary/aromatic N) is 1. The Balaban J connectivity index is 2.11. The molecule has 1 aliphatic carbocycles. The third-order valence-corrected chi connectivity index (χ3v) is 4.88. The van der Waals surface area contributed by atoms with Crippen molar-refractivity contribution in [2.24, 2.45) is 11.8 Å². The summed E-state index contributed by atoms with van der Waals surface area (Å²) < 4.78 is 39.5. The number of amides is 1. The van der Waals surface area contributed by atoms with Crippen LogP contribution in [0.5, 0.6) is 0 Å². The molecule has 1 heterocycles. The molecule has 3 nitrogen and oxygen atoms in total. The first-order valence-corrected chi connectivity index (χ1v) is 7.93. The van der Waals surface area contributed by atoms with E-state index in [4.69, 9.17) is 5.11 Å². The van der Waals surface area contributed by atoms with Gasteiger partial charge in [0, 0.05) is 25.1 Å². The molecular formula is C15H24F3NO2. The summed E-state index contributed by atoms with van der Waals surface area (Å²) in [6.45, 7) is 0.506. The Morgan fingerprint density at radius 3 is 2.43 bits per heavy atom. The van der Waals surface area contributed by atoms with Crippen LogP contribution in [0.25, 0.3) is 0 Å². The second kappa shape index (κ2) is 6.99. The molecule has 3 unspecified atom stereocenters. The maximum absolute atomic E-state index is 13.2. The van der Waals surface area contributed by atoms with E-state index in [1.165, 1.54) is 0 Å². The summed E-state index contributed by atoms with van der Waals surface area (Å²) in [5.41, 5.74) is 0. The van der Waals surface area contributed by atoms with Crippen LogP contribution in [0.4, 0.5) is 13.2 Å². The number of rotatable bonds is 3. The summed E-state index contributed by atoms with van der Waals surface area (Å²) in [5.74, 6) is -2.75. The molecule has 0 radical (unpaired) electrons. The summed E-state index contributed by atoms with van der Waals surface area (Å²) in [6, 6.07) is -0.0907. The van der Waals surface area contributed by atoms with Crippen LogP contribution in [0.15, 0.2) is 0 Å². The quantitative estimate of drug-likeness (QED) is 0.870. The Hall–Kier alpha value is -0.780. The molecule has 2 fully saturated rings. The van der Waals surface area contributed by atoms with Crippen LogP contribution in [-0.4, -0.2) is 41.3 Å². The molecule has 1 N–H and O–H groups in total. The van der Waals surface area contributed by atoms with Gasteiger partial charge in [-0.2, -0.15) is 13.2 Å². The molecule has 2 rings (SSSR count). The van der Waals surface area contributed by atoms with Crippen LogP contribution in [0.1, 0.15) is 51.4 Å². The standard InChI is InChI=1S/C15H24F3NO2/c16-15(17,18)13-7-2-1-6-12(13)14(21)19-9-4-3-5-11(19)8-10-20/h11-13,20H,1-10H2. The Labute approximate surface area is 123 Å². The van der Waals surface area contributed by atoms with Gasteiger partial charge in [-0.05, 0) is 38.5 Å². The first kappa shape index (κ1) is 16.6. The molecule has 0 aromatic heterocycles. The van der Waals surface area contributed by atoms with Gasteiger partial charge in [-0.1, -0.05) is 12.8 Å². The Bertz CT molecular complexity index is 357. The highest BCUT2D eigenvalue weighted by Crippen LogP contribution is 2.42. The predicted molar refractivity (Wildman–Crippen MR) is 72.6 cm³/mol. The number of carbonyl (C=O) groups excluding carboxylic acids is 1. The highest BCUT2D eigenvalue weighted by atomic mass is 19.4. The summed E-state index contributed by atoms with van der Waals surface area (Å²) in [7, 11) is 0. The lowest BCUT2D eigenvalue weighted by molar-refractivity contribution is -0.201. The second-order valence-electron chi connectivity index (χ2n) is 6.23. The number of hydrogen-bond acceptors (Lipinski definition) is 2. The van der Waals surface area contributed by atoms with E-state index in [1.54, 1.807) is 4.90 Å². The van der Waals surface area contributed by atoms with E-state index in [0.717, 1.165) is 19.3 Å². The van der Waals surface area contributed by atoms with Crippen molar-refractivity contribution in [3.05, 3.63) is 0 Å². The van der Waals surface area contributed by atoms with Gasteiger partial charge in [-0.3, -0.25) is 4.79 Å². The summed E-state index contributed by atoms with van der Waals surface area (Å²) in [6.07, 6.45) is 0.437. The van der Waals surface area contributed by atoms with Crippen molar-refractivity contribution in [2.45, 2.75) is 63.6 Å². The number of piperidine rings is 1. The van der Waals surface area contributed by atoms with Gasteiger partial charge in [0.05, 0.1) is 5.92 Å². The van der Waals surface area contributed by atoms with E-state index >= 15 is 0 Å². The van der Waals surface area contributed by atoms with E-state index in [2.05, 4.69) is 0 Å². The first-order chi connectivity index (χ1) is 9.95. The number of aliphatic hydroxyl groups excluding tert-OH is 1. The maximum atomic E-state index is 13.2. The smallest absolute Gasteiger partial charge is 0.392 e. The van der Waals surface area contributed by atoms with Gasteiger partial charge in [0.15, 0.2) is 0 Å². The van der Waals surface area contributed by atoms with Gasteiger partial charge in [-0.15, -0.1) is 0 Å². The van der Waals surface area contributed by atoms with E-state index in [9.17, 15) is 18.0 Å². The van der Waals surface area contributed by atoms with Crippen molar-refractivity contribution in [2.75, 3.05) is 13.2 Å². The highest BCUT2D eigenvalue weighted by molar-refractivity contribution is 5.79. The monoisotopic (exact) mass is 307 g/mol. The predicted octanol–water partition coefficient (Wildman–Crippen LogP) is 3.12. The van der Waals surface area contributed by atoms with Crippen molar-refractivity contribution in [3.63, 3.8) is 0 Å². The van der Waals surface area contributed by atoms with Crippen LogP contribution < -0.4 is 0 Å². The average Bonchev–Trinajstić information content (AvgIpc) is 2.46. The Morgan fingerprint density at radius 2 is 1.76 bits per heavy atom. The number of aliphatic hydroxyl groups is 1. The fourth-order valence-electron chi connectivity index (χ4n) is 3.77. The molecule has 1 saturated heterocycles. The van der Waals surface area contributed by atoms with E-state index in [-0.39, 0.29) is 25.0 Å². The zero-order valence-corrected chi connectivity index (χ0v) is 12.2. The van der Waals surface area contributed by atoms with Crippen LogP contribution in [0, 0.1) is 11.8 Å². The fraction of sp³-hybridized carbons (Fsp3) is 0.933. The van der Waals surface area contributed by atoms with Crippen molar-refractivity contribution in [1.29, 1.82) is 0 Å². The van der Waals surface area contributed by atoms with Gasteiger partial charge in [0.25, 0.3) is 0 Å². The van der Waals surface area contributed by atoms with E-state index in [1.807, 2.05) is 0 Å². The fourth-order valence-corrected chi connectivity index (χ4v) is 3.77. The molecule has 0 aromatic rings. The van der Waals surface area contributed by atoms with Crippen molar-refractivity contribution >= 4 is 5.91 Å². The van der Waals surface area contributed by atoms with Crippen molar-refractivity contribution in [3.8, 4) is 0 Å². The van der Waals surface area contributed by atoms with Gasteiger partial charge in [0.2, 0.25) is 5.91 Å². The molecule has 0 spiro atoms. The Morgan fingerprint density at radius 1 is 1.10 bits per heavy atom. The van der Waals surface area contributed by atoms with Crippen molar-refractivity contribution in [1.82, 2.24) is 4.90 Å². The van der Waals surface area contributed by atoms with E-state index in [0.29, 0.717) is 32.2 Å². The van der Waals surface area contributed by atoms with Gasteiger partial charge in [0.1, 0.15) is 0 Å². The summed E-state index contributed by atoms with van der Waals surface area (Å²) in [5, 5.41) is 9.09. The van der Waals surface area contributed by atoms with Gasteiger partial charge < -0.3 is 10.0 Å². The normalized spacial score (nSPS) is 31.2. The van der Waals surface area contributed by atoms with Crippen LogP contribution in [-0.2, 0) is 4.79 Å². The zero-order valence-electron chi connectivity index (χ0n) is 12.2. The Kier molecular flexibility index (Phi) is 5.52. The molecule has 2 aliphatic rings. The SMILES string of the molecule is O=C(C1CCCCC1C(F)(F)F)N1CCCCC1CCO. The molecule has 1 amide bonds. The molecule has 1 aliphatic heterocycles. The minimum atomic E-state index is -4.29. The summed E-state index contributed by atoms with van der Waals surface area (Å²) in [4.78, 5) is 14.3. The lowest BCUT2D eigenvalue weighted by atomic mass is 9.77. The highest BCUT2D eigenvalue weighted by Gasteiger charge is 2.49. The molecule has 0 bridgehead atoms. The minimum absolute atomic E-state index is 0.0260. The molecule has 3 atom stereocenters. The second-order valence-corrected chi connectivity index (χ2v) is 6.23. The third kappa shape index (κ3) is 3.90. The van der Waals surface area contributed by atoms with Crippen LogP contribution in [0.2, 0.25) is 0 Å². The largest absolute Gasteiger partial charge is 0.396 e. The number of likely N-dealkylation sites (tertiary alicyclic amines) is 1. The maximum Gasteiger partial charge on any atom is 0.392 e. The number of alkyl halides is 3. The molecule has 21 heavy (non-hydrogen) atoms. The topological polar surface area (TPSA) is 40.5 Å². The van der Waals surface area contributed by atoms with Crippen molar-refractivity contribution < 1.29 is 23.1 Å². The van der Waals surface area contributed by atoms with Crippen LogP contribution >= 0.6 is 0 Å². The lowest BCUT2D eigenvalue weighted by Crippen LogP contribution is -2.50. The van der Waals surface area contributed by atoms with E-state index < -0.39 is 18.0 Å². The third-order valence-electron chi connectivity index (χ3n) is 4.88. The number of hydrogen-bond donors (Lipinski definition) is 1. The minimum Gasteiger partial charge on any atom is -0.396 e. The lowest BCUT2D eigenvalue weighted by Gasteiger charge is -2.41. The number of carbonyl (C=O) groups is 1.